The number of aryl methyl sites for hydroxylation is 1. The molecule has 13 heteroatoms. The Morgan fingerprint density at radius 3 is 2.64 bits per heavy atom. The maximum atomic E-state index is 14.3. The Hall–Kier alpha value is -4.26. The van der Waals surface area contributed by atoms with Crippen LogP contribution in [0.5, 0.6) is 5.75 Å². The second kappa shape index (κ2) is 9.19. The van der Waals surface area contributed by atoms with Crippen molar-refractivity contribution in [3.8, 4) is 11.4 Å². The van der Waals surface area contributed by atoms with Gasteiger partial charge in [-0.2, -0.15) is 18.3 Å². The summed E-state index contributed by atoms with van der Waals surface area (Å²) in [5, 5.41) is 16.6. The van der Waals surface area contributed by atoms with Gasteiger partial charge in [0.1, 0.15) is 23.2 Å². The van der Waals surface area contributed by atoms with E-state index in [0.29, 0.717) is 11.1 Å². The number of rotatable bonds is 7. The van der Waals surface area contributed by atoms with Crippen LogP contribution in [0.25, 0.3) is 16.7 Å². The number of hydrogen-bond donors (Lipinski definition) is 2. The van der Waals surface area contributed by atoms with Gasteiger partial charge in [0.15, 0.2) is 11.2 Å². The molecule has 1 fully saturated rings. The second-order valence-corrected chi connectivity index (χ2v) is 9.47. The molecule has 0 radical (unpaired) electrons. The average molecular weight is 545 g/mol. The monoisotopic (exact) mass is 545 g/mol. The zero-order valence-corrected chi connectivity index (χ0v) is 21.0. The molecule has 2 atom stereocenters. The van der Waals surface area contributed by atoms with Gasteiger partial charge >= 0.3 is 12.1 Å². The molecule has 1 saturated heterocycles. The molecular weight excluding hydrogens is 522 g/mol. The van der Waals surface area contributed by atoms with Crippen LogP contribution >= 0.6 is 0 Å². The summed E-state index contributed by atoms with van der Waals surface area (Å²) in [6.45, 7) is 2.34. The van der Waals surface area contributed by atoms with Gasteiger partial charge in [0.05, 0.1) is 42.1 Å². The van der Waals surface area contributed by atoms with Crippen LogP contribution in [0.1, 0.15) is 35.1 Å². The average Bonchev–Trinajstić information content (AvgIpc) is 3.29. The minimum Gasteiger partial charge on any atom is -0.496 e. The summed E-state index contributed by atoms with van der Waals surface area (Å²) < 4.78 is 69.1. The zero-order chi connectivity index (χ0) is 28.2. The molecule has 0 aliphatic carbocycles. The van der Waals surface area contributed by atoms with Crippen LogP contribution in [-0.4, -0.2) is 56.3 Å². The number of anilines is 1. The van der Waals surface area contributed by atoms with Crippen molar-refractivity contribution in [3.63, 3.8) is 0 Å². The van der Waals surface area contributed by atoms with Crippen LogP contribution in [0.3, 0.4) is 0 Å². The fourth-order valence-electron chi connectivity index (χ4n) is 4.91. The minimum atomic E-state index is -4.76. The molecule has 2 unspecified atom stereocenters. The molecule has 1 aliphatic heterocycles. The first kappa shape index (κ1) is 26.4. The summed E-state index contributed by atoms with van der Waals surface area (Å²) in [5.74, 6) is -1.17. The summed E-state index contributed by atoms with van der Waals surface area (Å²) in [7, 11) is 1.35. The van der Waals surface area contributed by atoms with E-state index in [1.54, 1.807) is 19.1 Å². The van der Waals surface area contributed by atoms with E-state index >= 15 is 0 Å². The molecule has 3 heterocycles. The van der Waals surface area contributed by atoms with Gasteiger partial charge in [-0.15, -0.1) is 0 Å². The summed E-state index contributed by atoms with van der Waals surface area (Å²) in [4.78, 5) is 20.0. The van der Waals surface area contributed by atoms with Gasteiger partial charge in [0, 0.05) is 12.0 Å². The molecule has 2 aromatic heterocycles. The predicted molar refractivity (Wildman–Crippen MR) is 132 cm³/mol. The molecule has 39 heavy (non-hydrogen) atoms. The third-order valence-corrected chi connectivity index (χ3v) is 6.71. The normalized spacial score (nSPS) is 21.0. The van der Waals surface area contributed by atoms with Gasteiger partial charge in [0.25, 0.3) is 0 Å². The van der Waals surface area contributed by atoms with Crippen molar-refractivity contribution < 1.29 is 36.9 Å². The lowest BCUT2D eigenvalue weighted by molar-refractivity contribution is -0.380. The van der Waals surface area contributed by atoms with Gasteiger partial charge in [-0.3, -0.25) is 0 Å². The number of benzene rings is 2. The number of hydrogen-bond acceptors (Lipinski definition) is 7. The molecule has 9 nitrogen and oxygen atoms in total. The Labute approximate surface area is 219 Å². The number of carboxylic acid groups (broad SMARTS) is 1. The highest BCUT2D eigenvalue weighted by atomic mass is 19.4. The zero-order valence-electron chi connectivity index (χ0n) is 21.0. The number of halogens is 4. The number of nitrogens with zero attached hydrogens (tertiary/aromatic N) is 4. The van der Waals surface area contributed by atoms with Crippen molar-refractivity contribution in [1.29, 1.82) is 0 Å². The molecule has 204 valence electrons. The third kappa shape index (κ3) is 4.52. The number of ether oxygens (including phenoxy) is 2. The molecule has 0 spiro atoms. The first-order chi connectivity index (χ1) is 18.4. The van der Waals surface area contributed by atoms with E-state index in [4.69, 9.17) is 9.47 Å². The molecule has 2 aromatic carbocycles. The summed E-state index contributed by atoms with van der Waals surface area (Å²) in [6.07, 6.45) is -3.87. The van der Waals surface area contributed by atoms with Crippen LogP contribution in [0, 0.1) is 12.7 Å². The molecular formula is C26H23F4N5O4. The van der Waals surface area contributed by atoms with Crippen molar-refractivity contribution in [1.82, 2.24) is 19.7 Å². The number of aromatic carboxylic acids is 1. The van der Waals surface area contributed by atoms with Crippen molar-refractivity contribution in [2.24, 2.45) is 0 Å². The molecule has 2 N–H and O–H groups in total. The van der Waals surface area contributed by atoms with Crippen LogP contribution in [0.15, 0.2) is 48.7 Å². The van der Waals surface area contributed by atoms with Crippen LogP contribution in [0.2, 0.25) is 0 Å². The standard InChI is InChI=1S/C26H23F4N5O4/c1-14-33-21(18-11-32-35(22(18)34-14)17-6-4-5-15(9-17)23(36)37)31-13-25(26(28,29)30)12-24(2,39-25)19-10-16(27)7-8-20(19)38-3/h4-11H,12-13H2,1-3H3,(H,36,37)(H,31,33,34). The van der Waals surface area contributed by atoms with Crippen molar-refractivity contribution >= 4 is 22.8 Å². The van der Waals surface area contributed by atoms with Gasteiger partial charge < -0.3 is 19.9 Å². The van der Waals surface area contributed by atoms with Crippen molar-refractivity contribution in [2.75, 3.05) is 19.0 Å². The highest BCUT2D eigenvalue weighted by Crippen LogP contribution is 2.57. The summed E-state index contributed by atoms with van der Waals surface area (Å²) in [5.41, 5.74) is -3.14. The van der Waals surface area contributed by atoms with E-state index in [0.717, 1.165) is 12.1 Å². The second-order valence-electron chi connectivity index (χ2n) is 9.47. The highest BCUT2D eigenvalue weighted by Gasteiger charge is 2.68. The lowest BCUT2D eigenvalue weighted by atomic mass is 9.75. The molecule has 5 rings (SSSR count). The van der Waals surface area contributed by atoms with Crippen LogP contribution < -0.4 is 10.1 Å². The maximum Gasteiger partial charge on any atom is 0.419 e. The number of aromatic nitrogens is 4. The molecule has 0 amide bonds. The quantitative estimate of drug-likeness (QED) is 0.312. The topological polar surface area (TPSA) is 111 Å². The molecule has 0 bridgehead atoms. The lowest BCUT2D eigenvalue weighted by Crippen LogP contribution is -2.67. The fourth-order valence-corrected chi connectivity index (χ4v) is 4.91. The highest BCUT2D eigenvalue weighted by molar-refractivity contribution is 5.90. The van der Waals surface area contributed by atoms with Gasteiger partial charge in [-0.25, -0.2) is 23.8 Å². The SMILES string of the molecule is COc1ccc(F)cc1C1(C)CC(CNc2nc(C)nc3c2cnn3-c2cccc(C(=O)O)c2)(C(F)(F)F)O1. The largest absolute Gasteiger partial charge is 0.496 e. The van der Waals surface area contributed by atoms with Crippen LogP contribution in [-0.2, 0) is 10.3 Å². The Morgan fingerprint density at radius 2 is 1.97 bits per heavy atom. The van der Waals surface area contributed by atoms with Crippen LogP contribution in [0.4, 0.5) is 23.4 Å². The predicted octanol–water partition coefficient (Wildman–Crippen LogP) is 5.02. The third-order valence-electron chi connectivity index (χ3n) is 6.71. The smallest absolute Gasteiger partial charge is 0.419 e. The van der Waals surface area contributed by atoms with Gasteiger partial charge in [-0.05, 0) is 50.2 Å². The van der Waals surface area contributed by atoms with E-state index in [-0.39, 0.29) is 34.2 Å². The van der Waals surface area contributed by atoms with Gasteiger partial charge in [-0.1, -0.05) is 6.07 Å². The lowest BCUT2D eigenvalue weighted by Gasteiger charge is -2.55. The molecule has 0 saturated carbocycles. The van der Waals surface area contributed by atoms with Crippen molar-refractivity contribution in [2.45, 2.75) is 37.6 Å². The van der Waals surface area contributed by atoms with E-state index in [1.165, 1.54) is 43.1 Å². The molecule has 4 aromatic rings. The number of fused-ring (bicyclic) bond motifs is 1. The van der Waals surface area contributed by atoms with E-state index < -0.39 is 42.1 Å². The fraction of sp³-hybridized carbons (Fsp3) is 0.308. The number of methoxy groups -OCH3 is 1. The Balaban J connectivity index is 1.46. The first-order valence-corrected chi connectivity index (χ1v) is 11.8. The number of carbonyl (C=O) groups is 1. The van der Waals surface area contributed by atoms with E-state index in [2.05, 4.69) is 20.4 Å². The van der Waals surface area contributed by atoms with E-state index in [1.807, 2.05) is 0 Å². The van der Waals surface area contributed by atoms with E-state index in [9.17, 15) is 27.5 Å². The van der Waals surface area contributed by atoms with Gasteiger partial charge in [0.2, 0.25) is 0 Å². The Bertz CT molecular complexity index is 1580. The number of alkyl halides is 3. The summed E-state index contributed by atoms with van der Waals surface area (Å²) >= 11 is 0. The number of nitrogens with one attached hydrogen (secondary N) is 1. The minimum absolute atomic E-state index is 0.0347. The Kier molecular flexibility index (Phi) is 6.21. The first-order valence-electron chi connectivity index (χ1n) is 11.8. The summed E-state index contributed by atoms with van der Waals surface area (Å²) in [6, 6.07) is 9.61. The van der Waals surface area contributed by atoms with Crippen molar-refractivity contribution in [3.05, 3.63) is 71.4 Å². The number of carboxylic acids is 1. The maximum absolute atomic E-state index is 14.3. The molecule has 1 aliphatic rings. The Morgan fingerprint density at radius 1 is 1.23 bits per heavy atom.